The molecule has 7 nitrogen and oxygen atoms in total. The SMILES string of the molecule is C=CC1CCN2CC1N(C(=O)C(CC)c1ccc(F)cn1)c1nc(C(=O)NCC(F)(F)F)ccc12. The van der Waals surface area contributed by atoms with Crippen LogP contribution in [0.2, 0.25) is 0 Å². The Morgan fingerprint density at radius 2 is 2.06 bits per heavy atom. The van der Waals surface area contributed by atoms with Gasteiger partial charge in [-0.1, -0.05) is 13.0 Å². The molecule has 4 heterocycles. The normalized spacial score (nSPS) is 20.1. The molecule has 1 fully saturated rings. The molecule has 4 rings (SSSR count). The molecule has 35 heavy (non-hydrogen) atoms. The lowest BCUT2D eigenvalue weighted by molar-refractivity contribution is -0.123. The van der Waals surface area contributed by atoms with Crippen LogP contribution in [0, 0.1) is 11.7 Å². The van der Waals surface area contributed by atoms with Crippen LogP contribution in [-0.2, 0) is 4.79 Å². The van der Waals surface area contributed by atoms with E-state index in [4.69, 9.17) is 0 Å². The number of carbonyl (C=O) groups is 2. The Hall–Kier alpha value is -3.50. The number of nitrogens with one attached hydrogen (secondary N) is 1. The van der Waals surface area contributed by atoms with E-state index in [0.717, 1.165) is 12.6 Å². The fourth-order valence-electron chi connectivity index (χ4n) is 4.68. The number of carbonyl (C=O) groups excluding carboxylic acids is 2. The molecule has 2 aliphatic rings. The first-order chi connectivity index (χ1) is 16.6. The molecule has 2 amide bonds. The predicted octanol–water partition coefficient (Wildman–Crippen LogP) is 3.83. The highest BCUT2D eigenvalue weighted by Gasteiger charge is 2.44. The van der Waals surface area contributed by atoms with Crippen molar-refractivity contribution in [1.82, 2.24) is 15.3 Å². The maximum absolute atomic E-state index is 13.9. The summed E-state index contributed by atoms with van der Waals surface area (Å²) in [7, 11) is 0. The molecule has 1 N–H and O–H groups in total. The average Bonchev–Trinajstić information content (AvgIpc) is 2.83. The van der Waals surface area contributed by atoms with Gasteiger partial charge in [0, 0.05) is 19.0 Å². The van der Waals surface area contributed by atoms with Gasteiger partial charge in [0.1, 0.15) is 18.1 Å². The van der Waals surface area contributed by atoms with Gasteiger partial charge in [-0.25, -0.2) is 9.37 Å². The van der Waals surface area contributed by atoms with Crippen LogP contribution in [-0.4, -0.2) is 53.6 Å². The maximum Gasteiger partial charge on any atom is 0.405 e. The molecule has 186 valence electrons. The van der Waals surface area contributed by atoms with Crippen molar-refractivity contribution in [2.45, 2.75) is 37.9 Å². The number of amides is 2. The smallest absolute Gasteiger partial charge is 0.366 e. The number of fused-ring (bicyclic) bond motifs is 4. The van der Waals surface area contributed by atoms with E-state index in [2.05, 4.69) is 16.5 Å². The van der Waals surface area contributed by atoms with E-state index in [9.17, 15) is 27.2 Å². The fourth-order valence-corrected chi connectivity index (χ4v) is 4.68. The van der Waals surface area contributed by atoms with Crippen molar-refractivity contribution in [2.75, 3.05) is 29.4 Å². The minimum absolute atomic E-state index is 0.0495. The van der Waals surface area contributed by atoms with Crippen molar-refractivity contribution in [2.24, 2.45) is 5.92 Å². The van der Waals surface area contributed by atoms with E-state index in [0.29, 0.717) is 30.9 Å². The second-order valence-corrected chi connectivity index (χ2v) is 8.61. The molecule has 0 spiro atoms. The third-order valence-electron chi connectivity index (χ3n) is 6.42. The van der Waals surface area contributed by atoms with Crippen molar-refractivity contribution < 1.29 is 27.2 Å². The zero-order chi connectivity index (χ0) is 25.3. The van der Waals surface area contributed by atoms with E-state index in [-0.39, 0.29) is 29.4 Å². The summed E-state index contributed by atoms with van der Waals surface area (Å²) in [6, 6.07) is 5.31. The van der Waals surface area contributed by atoms with Gasteiger partial charge in [0.05, 0.1) is 29.5 Å². The van der Waals surface area contributed by atoms with Gasteiger partial charge in [-0.2, -0.15) is 13.2 Å². The van der Waals surface area contributed by atoms with Crippen LogP contribution >= 0.6 is 0 Å². The van der Waals surface area contributed by atoms with Crippen molar-refractivity contribution in [1.29, 1.82) is 0 Å². The Morgan fingerprint density at radius 3 is 2.69 bits per heavy atom. The van der Waals surface area contributed by atoms with Crippen LogP contribution in [0.4, 0.5) is 29.1 Å². The van der Waals surface area contributed by atoms with E-state index < -0.39 is 30.4 Å². The Balaban J connectivity index is 1.75. The van der Waals surface area contributed by atoms with Gasteiger partial charge in [0.2, 0.25) is 5.91 Å². The number of nitrogens with zero attached hydrogens (tertiary/aromatic N) is 4. The lowest BCUT2D eigenvalue weighted by Gasteiger charge is -2.49. The van der Waals surface area contributed by atoms with Gasteiger partial charge in [-0.15, -0.1) is 6.58 Å². The second-order valence-electron chi connectivity index (χ2n) is 8.61. The number of hydrogen-bond donors (Lipinski definition) is 1. The number of halogens is 4. The van der Waals surface area contributed by atoms with E-state index in [1.807, 2.05) is 17.1 Å². The lowest BCUT2D eigenvalue weighted by atomic mass is 9.86. The van der Waals surface area contributed by atoms with E-state index >= 15 is 0 Å². The molecule has 3 unspecified atom stereocenters. The molecule has 1 saturated heterocycles. The highest BCUT2D eigenvalue weighted by molar-refractivity contribution is 6.02. The van der Waals surface area contributed by atoms with Gasteiger partial charge in [0.25, 0.3) is 5.91 Å². The van der Waals surface area contributed by atoms with E-state index in [1.54, 1.807) is 12.1 Å². The summed E-state index contributed by atoms with van der Waals surface area (Å²) in [5, 5.41) is 1.82. The molecule has 0 saturated carbocycles. The molecule has 2 bridgehead atoms. The largest absolute Gasteiger partial charge is 0.405 e. The fraction of sp³-hybridized carbons (Fsp3) is 0.417. The number of pyridine rings is 2. The van der Waals surface area contributed by atoms with Crippen LogP contribution in [0.15, 0.2) is 43.1 Å². The average molecular weight is 491 g/mol. The Morgan fingerprint density at radius 1 is 1.29 bits per heavy atom. The first-order valence-corrected chi connectivity index (χ1v) is 11.3. The number of rotatable bonds is 6. The summed E-state index contributed by atoms with van der Waals surface area (Å²) in [6.45, 7) is 5.42. The number of anilines is 2. The molecule has 11 heteroatoms. The monoisotopic (exact) mass is 491 g/mol. The zero-order valence-electron chi connectivity index (χ0n) is 19.1. The first kappa shape index (κ1) is 24.6. The van der Waals surface area contributed by atoms with Crippen molar-refractivity contribution in [3.8, 4) is 0 Å². The maximum atomic E-state index is 13.9. The number of piperidine rings is 1. The quantitative estimate of drug-likeness (QED) is 0.491. The molecule has 0 aliphatic carbocycles. The summed E-state index contributed by atoms with van der Waals surface area (Å²) in [5.41, 5.74) is 0.786. The van der Waals surface area contributed by atoms with Crippen LogP contribution in [0.1, 0.15) is 41.9 Å². The summed E-state index contributed by atoms with van der Waals surface area (Å²) in [6.07, 6.45) is -0.612. The highest BCUT2D eigenvalue weighted by Crippen LogP contribution is 2.42. The van der Waals surface area contributed by atoms with Crippen LogP contribution in [0.3, 0.4) is 0 Å². The van der Waals surface area contributed by atoms with Crippen molar-refractivity contribution in [3.63, 3.8) is 0 Å². The molecule has 3 atom stereocenters. The Bertz CT molecular complexity index is 1120. The lowest BCUT2D eigenvalue weighted by Crippen LogP contribution is -2.59. The molecular formula is C24H25F4N5O2. The molecule has 2 aliphatic heterocycles. The molecule has 0 aromatic carbocycles. The first-order valence-electron chi connectivity index (χ1n) is 11.3. The number of aromatic nitrogens is 2. The van der Waals surface area contributed by atoms with Gasteiger partial charge in [-0.05, 0) is 37.1 Å². The van der Waals surface area contributed by atoms with Gasteiger partial charge >= 0.3 is 6.18 Å². The summed E-state index contributed by atoms with van der Waals surface area (Å²) in [5.74, 6) is -2.39. The van der Waals surface area contributed by atoms with Crippen LogP contribution < -0.4 is 15.1 Å². The highest BCUT2D eigenvalue weighted by atomic mass is 19.4. The van der Waals surface area contributed by atoms with Crippen LogP contribution in [0.5, 0.6) is 0 Å². The third kappa shape index (κ3) is 4.98. The standard InChI is InChI=1S/C24H25F4N5O2/c1-3-14-9-10-32-12-20(14)33(23(35)16(4-2)17-6-5-15(25)11-29-17)21-19(32)8-7-18(31-21)22(34)30-13-24(26,27)28/h3,5-8,11,14,16,20H,1,4,9-10,12-13H2,2H3,(H,30,34). The molecular weight excluding hydrogens is 466 g/mol. The summed E-state index contributed by atoms with van der Waals surface area (Å²) in [4.78, 5) is 38.4. The van der Waals surface area contributed by atoms with Crippen molar-refractivity contribution in [3.05, 3.63) is 60.3 Å². The zero-order valence-corrected chi connectivity index (χ0v) is 19.1. The molecule has 0 radical (unpaired) electrons. The number of alkyl halides is 3. The minimum Gasteiger partial charge on any atom is -0.366 e. The van der Waals surface area contributed by atoms with Gasteiger partial charge < -0.3 is 10.2 Å². The van der Waals surface area contributed by atoms with Crippen molar-refractivity contribution >= 4 is 23.3 Å². The van der Waals surface area contributed by atoms with E-state index in [1.165, 1.54) is 23.1 Å². The Kier molecular flexibility index (Phi) is 6.77. The Labute approximate surface area is 199 Å². The summed E-state index contributed by atoms with van der Waals surface area (Å²) >= 11 is 0. The topological polar surface area (TPSA) is 78.4 Å². The summed E-state index contributed by atoms with van der Waals surface area (Å²) < 4.78 is 51.2. The van der Waals surface area contributed by atoms with Crippen LogP contribution in [0.25, 0.3) is 0 Å². The second kappa shape index (κ2) is 9.63. The molecule has 2 aromatic heterocycles. The molecule has 2 aromatic rings. The van der Waals surface area contributed by atoms with Gasteiger partial charge in [-0.3, -0.25) is 19.5 Å². The third-order valence-corrected chi connectivity index (χ3v) is 6.42. The number of hydrogen-bond acceptors (Lipinski definition) is 5. The van der Waals surface area contributed by atoms with Gasteiger partial charge in [0.15, 0.2) is 5.82 Å². The minimum atomic E-state index is -4.57. The predicted molar refractivity (Wildman–Crippen MR) is 122 cm³/mol.